The zero-order chi connectivity index (χ0) is 17.9. The molecule has 128 valence electrons. The largest absolute Gasteiger partial charge is 0.494 e. The number of hydrogen-bond donors (Lipinski definition) is 4. The number of aryl methyl sites for hydroxylation is 1. The minimum absolute atomic E-state index is 0.181. The van der Waals surface area contributed by atoms with E-state index in [2.05, 4.69) is 10.6 Å². The Labute approximate surface area is 140 Å². The van der Waals surface area contributed by atoms with Gasteiger partial charge in [0.1, 0.15) is 5.75 Å². The van der Waals surface area contributed by atoms with Gasteiger partial charge in [0.25, 0.3) is 0 Å². The fraction of sp³-hybridized carbons (Fsp3) is 0.294. The van der Waals surface area contributed by atoms with E-state index < -0.39 is 0 Å². The summed E-state index contributed by atoms with van der Waals surface area (Å²) in [7, 11) is 1.53. The van der Waals surface area contributed by atoms with Crippen LogP contribution < -0.4 is 26.8 Å². The number of carbonyl (C=O) groups excluding carboxylic acids is 2. The molecule has 0 bridgehead atoms. The van der Waals surface area contributed by atoms with Crippen LogP contribution in [0.3, 0.4) is 0 Å². The van der Waals surface area contributed by atoms with E-state index in [-0.39, 0.29) is 23.0 Å². The molecule has 1 aromatic carbocycles. The number of anilines is 2. The van der Waals surface area contributed by atoms with Crippen LogP contribution in [0.15, 0.2) is 29.6 Å². The number of carbonyl (C=O) groups is 2. The first-order chi connectivity index (χ1) is 11.4. The molecule has 0 heterocycles. The molecule has 0 radical (unpaired) electrons. The summed E-state index contributed by atoms with van der Waals surface area (Å²) >= 11 is 0. The van der Waals surface area contributed by atoms with Gasteiger partial charge in [0, 0.05) is 36.5 Å². The molecule has 1 aromatic rings. The zero-order valence-electron chi connectivity index (χ0n) is 14.0. The van der Waals surface area contributed by atoms with Crippen LogP contribution in [0.1, 0.15) is 11.1 Å². The van der Waals surface area contributed by atoms with Gasteiger partial charge in [-0.25, -0.2) is 0 Å². The van der Waals surface area contributed by atoms with Gasteiger partial charge in [-0.05, 0) is 25.5 Å². The lowest BCUT2D eigenvalue weighted by Gasteiger charge is -2.19. The molecule has 0 unspecified atom stereocenters. The summed E-state index contributed by atoms with van der Waals surface area (Å²) in [5.74, 6) is -0.0491. The molecule has 0 atom stereocenters. The lowest BCUT2D eigenvalue weighted by atomic mass is 10.0. The number of rotatable bonds is 6. The molecule has 0 aliphatic heterocycles. The van der Waals surface area contributed by atoms with Crippen molar-refractivity contribution in [1.82, 2.24) is 5.32 Å². The highest BCUT2D eigenvalue weighted by molar-refractivity contribution is 6.20. The predicted molar refractivity (Wildman–Crippen MR) is 93.7 cm³/mol. The summed E-state index contributed by atoms with van der Waals surface area (Å²) in [5.41, 5.74) is 14.7. The van der Waals surface area contributed by atoms with Crippen molar-refractivity contribution in [3.63, 3.8) is 0 Å². The Kier molecular flexibility index (Phi) is 5.25. The van der Waals surface area contributed by atoms with E-state index in [1.165, 1.54) is 19.3 Å². The van der Waals surface area contributed by atoms with Crippen LogP contribution in [-0.2, 0) is 9.59 Å². The van der Waals surface area contributed by atoms with Gasteiger partial charge < -0.3 is 26.8 Å². The highest BCUT2D eigenvalue weighted by atomic mass is 16.5. The van der Waals surface area contributed by atoms with Gasteiger partial charge in [-0.1, -0.05) is 0 Å². The maximum absolute atomic E-state index is 12.3. The molecule has 6 N–H and O–H groups in total. The van der Waals surface area contributed by atoms with E-state index in [0.717, 1.165) is 11.1 Å². The summed E-state index contributed by atoms with van der Waals surface area (Å²) in [6.07, 6.45) is 2.53. The maximum atomic E-state index is 12.3. The molecule has 0 aromatic heterocycles. The molecule has 0 saturated carbocycles. The van der Waals surface area contributed by atoms with E-state index in [4.69, 9.17) is 16.2 Å². The van der Waals surface area contributed by atoms with Crippen LogP contribution in [-0.4, -0.2) is 31.8 Å². The van der Waals surface area contributed by atoms with Gasteiger partial charge in [0.15, 0.2) is 0 Å². The minimum Gasteiger partial charge on any atom is -0.494 e. The van der Waals surface area contributed by atoms with E-state index in [1.807, 2.05) is 13.8 Å². The van der Waals surface area contributed by atoms with Crippen molar-refractivity contribution < 1.29 is 14.3 Å². The third kappa shape index (κ3) is 3.41. The molecule has 0 fully saturated rings. The standard InChI is InChI=1S/C17H22N4O3/c1-9-6-13(17(24-3)10(2)16(9)19)21-12-8-14(22)11(7-15(12)23)20-5-4-18/h6-8,20-21H,4-5,18-19H2,1-3H3. The lowest BCUT2D eigenvalue weighted by Crippen LogP contribution is -2.29. The molecule has 0 saturated heterocycles. The highest BCUT2D eigenvalue weighted by Gasteiger charge is 2.22. The Bertz CT molecular complexity index is 751. The molecule has 7 nitrogen and oxygen atoms in total. The Hall–Kier alpha value is -2.80. The molecule has 0 spiro atoms. The SMILES string of the molecule is COc1c(NC2=CC(=O)C(NCCN)=CC2=O)cc(C)c(N)c1C. The number of methoxy groups -OCH3 is 1. The smallest absolute Gasteiger partial charge is 0.204 e. The summed E-state index contributed by atoms with van der Waals surface area (Å²) in [5, 5.41) is 5.82. The van der Waals surface area contributed by atoms with Gasteiger partial charge in [-0.15, -0.1) is 0 Å². The van der Waals surface area contributed by atoms with E-state index in [0.29, 0.717) is 30.2 Å². The molecular weight excluding hydrogens is 308 g/mol. The normalized spacial score (nSPS) is 14.2. The molecule has 2 rings (SSSR count). The summed E-state index contributed by atoms with van der Waals surface area (Å²) < 4.78 is 5.38. The zero-order valence-corrected chi connectivity index (χ0v) is 14.0. The molecule has 1 aliphatic rings. The average Bonchev–Trinajstić information content (AvgIpc) is 2.55. The van der Waals surface area contributed by atoms with Crippen LogP contribution in [0.25, 0.3) is 0 Å². The fourth-order valence-corrected chi connectivity index (χ4v) is 2.48. The third-order valence-electron chi connectivity index (χ3n) is 3.79. The summed E-state index contributed by atoms with van der Waals surface area (Å²) in [6.45, 7) is 4.49. The monoisotopic (exact) mass is 330 g/mol. The van der Waals surface area contributed by atoms with Crippen LogP contribution in [0.4, 0.5) is 11.4 Å². The molecule has 7 heteroatoms. The number of benzene rings is 1. The Morgan fingerprint density at radius 1 is 1.12 bits per heavy atom. The average molecular weight is 330 g/mol. The van der Waals surface area contributed by atoms with E-state index in [1.54, 1.807) is 6.07 Å². The molecule has 1 aliphatic carbocycles. The summed E-state index contributed by atoms with van der Waals surface area (Å²) in [4.78, 5) is 24.4. The fourth-order valence-electron chi connectivity index (χ4n) is 2.48. The first-order valence-electron chi connectivity index (χ1n) is 7.55. The van der Waals surface area contributed by atoms with Crippen LogP contribution in [0.5, 0.6) is 5.75 Å². The number of ketones is 2. The van der Waals surface area contributed by atoms with Crippen LogP contribution in [0.2, 0.25) is 0 Å². The van der Waals surface area contributed by atoms with Crippen molar-refractivity contribution in [3.8, 4) is 5.75 Å². The number of nitrogen functional groups attached to an aromatic ring is 1. The first kappa shape index (κ1) is 17.6. The van der Waals surface area contributed by atoms with Crippen molar-refractivity contribution in [3.05, 3.63) is 40.7 Å². The van der Waals surface area contributed by atoms with Gasteiger partial charge in [-0.3, -0.25) is 9.59 Å². The van der Waals surface area contributed by atoms with Gasteiger partial charge in [-0.2, -0.15) is 0 Å². The quantitative estimate of drug-likeness (QED) is 0.449. The van der Waals surface area contributed by atoms with Crippen molar-refractivity contribution in [2.24, 2.45) is 5.73 Å². The third-order valence-corrected chi connectivity index (χ3v) is 3.79. The number of ether oxygens (including phenoxy) is 1. The van der Waals surface area contributed by atoms with Crippen molar-refractivity contribution in [2.45, 2.75) is 13.8 Å². The minimum atomic E-state index is -0.302. The Morgan fingerprint density at radius 2 is 1.75 bits per heavy atom. The predicted octanol–water partition coefficient (Wildman–Crippen LogP) is 0.774. The number of hydrogen-bond acceptors (Lipinski definition) is 7. The van der Waals surface area contributed by atoms with Gasteiger partial charge >= 0.3 is 0 Å². The van der Waals surface area contributed by atoms with Crippen molar-refractivity contribution in [2.75, 3.05) is 31.2 Å². The van der Waals surface area contributed by atoms with E-state index in [9.17, 15) is 9.59 Å². The van der Waals surface area contributed by atoms with Crippen molar-refractivity contribution in [1.29, 1.82) is 0 Å². The Balaban J connectivity index is 2.30. The molecular formula is C17H22N4O3. The highest BCUT2D eigenvalue weighted by Crippen LogP contribution is 2.36. The molecule has 0 amide bonds. The molecule has 24 heavy (non-hydrogen) atoms. The van der Waals surface area contributed by atoms with E-state index >= 15 is 0 Å². The lowest BCUT2D eigenvalue weighted by molar-refractivity contribution is -0.115. The second-order valence-corrected chi connectivity index (χ2v) is 5.50. The topological polar surface area (TPSA) is 119 Å². The van der Waals surface area contributed by atoms with Gasteiger partial charge in [0.2, 0.25) is 11.6 Å². The second kappa shape index (κ2) is 7.18. The number of nitrogens with two attached hydrogens (primary N) is 2. The van der Waals surface area contributed by atoms with Crippen LogP contribution in [0, 0.1) is 13.8 Å². The Morgan fingerprint density at radius 3 is 2.38 bits per heavy atom. The second-order valence-electron chi connectivity index (χ2n) is 5.50. The van der Waals surface area contributed by atoms with Gasteiger partial charge in [0.05, 0.1) is 24.2 Å². The number of allylic oxidation sites excluding steroid dienone is 2. The van der Waals surface area contributed by atoms with Crippen LogP contribution >= 0.6 is 0 Å². The number of nitrogens with one attached hydrogen (secondary N) is 2. The summed E-state index contributed by atoms with van der Waals surface area (Å²) in [6, 6.07) is 1.78. The maximum Gasteiger partial charge on any atom is 0.204 e. The first-order valence-corrected chi connectivity index (χ1v) is 7.55. The van der Waals surface area contributed by atoms with Crippen molar-refractivity contribution >= 4 is 22.9 Å².